The third-order valence-corrected chi connectivity index (χ3v) is 10.5. The second-order valence-electron chi connectivity index (χ2n) is 11.7. The summed E-state index contributed by atoms with van der Waals surface area (Å²) in [6.07, 6.45) is 4.04. The van der Waals surface area contributed by atoms with Crippen LogP contribution in [0.25, 0.3) is 0 Å². The van der Waals surface area contributed by atoms with Gasteiger partial charge in [0.2, 0.25) is 11.8 Å². The average molecular weight is 690 g/mol. The number of hydrogen-bond acceptors (Lipinski definition) is 6. The summed E-state index contributed by atoms with van der Waals surface area (Å²) in [4.78, 5) is 30.3. The number of amides is 2. The first-order valence-electron chi connectivity index (χ1n) is 15.9. The minimum atomic E-state index is -4.26. The lowest BCUT2D eigenvalue weighted by molar-refractivity contribution is -0.140. The Bertz CT molecular complexity index is 1780. The zero-order valence-corrected chi connectivity index (χ0v) is 28.6. The molecule has 5 rings (SSSR count). The zero-order chi connectivity index (χ0) is 34.1. The lowest BCUT2D eigenvalue weighted by Crippen LogP contribution is -2.54. The molecule has 1 unspecified atom stereocenters. The van der Waals surface area contributed by atoms with Crippen molar-refractivity contribution >= 4 is 39.1 Å². The van der Waals surface area contributed by atoms with Crippen LogP contribution in [-0.4, -0.2) is 58.0 Å². The van der Waals surface area contributed by atoms with Gasteiger partial charge in [-0.15, -0.1) is 0 Å². The molecule has 1 fully saturated rings. The molecule has 0 spiro atoms. The van der Waals surface area contributed by atoms with Crippen molar-refractivity contribution in [2.24, 2.45) is 0 Å². The van der Waals surface area contributed by atoms with Gasteiger partial charge in [-0.1, -0.05) is 66.9 Å². The number of anilines is 1. The number of halogens is 1. The number of carbonyl (C=O) groups excluding carboxylic acids is 2. The van der Waals surface area contributed by atoms with E-state index >= 15 is 0 Å². The fraction of sp³-hybridized carbons (Fsp3) is 0.297. The molecular weight excluding hydrogens is 650 g/mol. The molecule has 2 amide bonds. The Balaban J connectivity index is 1.57. The fourth-order valence-electron chi connectivity index (χ4n) is 5.90. The molecule has 0 saturated heterocycles. The van der Waals surface area contributed by atoms with Crippen LogP contribution in [-0.2, 0) is 32.6 Å². The molecular formula is C37H40ClN3O6S. The first-order valence-corrected chi connectivity index (χ1v) is 17.7. The molecule has 11 heteroatoms. The number of carbonyl (C=O) groups is 2. The van der Waals surface area contributed by atoms with Crippen LogP contribution in [0.1, 0.15) is 36.8 Å². The molecule has 252 valence electrons. The van der Waals surface area contributed by atoms with Gasteiger partial charge >= 0.3 is 0 Å². The van der Waals surface area contributed by atoms with E-state index in [9.17, 15) is 18.0 Å². The maximum Gasteiger partial charge on any atom is 0.264 e. The number of hydrogen-bond donors (Lipinski definition) is 1. The minimum Gasteiger partial charge on any atom is -0.497 e. The van der Waals surface area contributed by atoms with E-state index in [1.165, 1.54) is 24.1 Å². The molecule has 4 aromatic rings. The number of ether oxygens (including phenoxy) is 2. The lowest BCUT2D eigenvalue weighted by atomic mass is 10.0. The van der Waals surface area contributed by atoms with Crippen molar-refractivity contribution in [2.45, 2.75) is 55.6 Å². The Kier molecular flexibility index (Phi) is 11.6. The average Bonchev–Trinajstić information content (AvgIpc) is 3.62. The number of sulfonamides is 1. The summed E-state index contributed by atoms with van der Waals surface area (Å²) in [6.45, 7) is -0.523. The molecule has 48 heavy (non-hydrogen) atoms. The molecule has 0 heterocycles. The molecule has 0 bridgehead atoms. The highest BCUT2D eigenvalue weighted by Gasteiger charge is 2.35. The number of methoxy groups -OCH3 is 2. The van der Waals surface area contributed by atoms with E-state index in [-0.39, 0.29) is 35.5 Å². The van der Waals surface area contributed by atoms with Gasteiger partial charge in [0.25, 0.3) is 10.0 Å². The van der Waals surface area contributed by atoms with Crippen molar-refractivity contribution in [2.75, 3.05) is 25.1 Å². The first-order chi connectivity index (χ1) is 23.2. The van der Waals surface area contributed by atoms with E-state index < -0.39 is 28.5 Å². The summed E-state index contributed by atoms with van der Waals surface area (Å²) >= 11 is 6.16. The van der Waals surface area contributed by atoms with Crippen LogP contribution in [0.5, 0.6) is 11.5 Å². The van der Waals surface area contributed by atoms with Crippen LogP contribution in [0.4, 0.5) is 5.69 Å². The maximum atomic E-state index is 14.7. The third kappa shape index (κ3) is 8.67. The molecule has 4 aromatic carbocycles. The Morgan fingerprint density at radius 3 is 2.12 bits per heavy atom. The zero-order valence-electron chi connectivity index (χ0n) is 27.0. The Hall–Kier alpha value is -4.54. The topological polar surface area (TPSA) is 105 Å². The number of nitrogens with one attached hydrogen (secondary N) is 1. The van der Waals surface area contributed by atoms with E-state index in [1.807, 2.05) is 42.5 Å². The molecule has 9 nitrogen and oxygen atoms in total. The third-order valence-electron chi connectivity index (χ3n) is 8.50. The second-order valence-corrected chi connectivity index (χ2v) is 14.0. The Morgan fingerprint density at radius 2 is 1.48 bits per heavy atom. The van der Waals surface area contributed by atoms with Crippen molar-refractivity contribution in [3.63, 3.8) is 0 Å². The Morgan fingerprint density at radius 1 is 0.833 bits per heavy atom. The largest absolute Gasteiger partial charge is 0.497 e. The first kappa shape index (κ1) is 34.8. The molecule has 1 saturated carbocycles. The van der Waals surface area contributed by atoms with Gasteiger partial charge in [0.05, 0.1) is 24.8 Å². The summed E-state index contributed by atoms with van der Waals surface area (Å²) in [5.74, 6) is 0.259. The van der Waals surface area contributed by atoms with Gasteiger partial charge in [-0.05, 0) is 84.6 Å². The van der Waals surface area contributed by atoms with E-state index in [4.69, 9.17) is 21.1 Å². The molecule has 1 N–H and O–H groups in total. The highest BCUT2D eigenvalue weighted by atomic mass is 35.5. The minimum absolute atomic E-state index is 0.0190. The predicted molar refractivity (Wildman–Crippen MR) is 187 cm³/mol. The van der Waals surface area contributed by atoms with Gasteiger partial charge in [-0.2, -0.15) is 0 Å². The molecule has 1 aliphatic carbocycles. The lowest BCUT2D eigenvalue weighted by Gasteiger charge is -2.34. The summed E-state index contributed by atoms with van der Waals surface area (Å²) in [5.41, 5.74) is 1.85. The normalized spacial score (nSPS) is 13.8. The SMILES string of the molecule is COc1ccc(S(=O)(=O)N(CC(=O)N(Cc2cccc(OC)c2)C(Cc2ccccc2)C(=O)NC2CCCC2)c2ccc(Cl)cc2)cc1. The van der Waals surface area contributed by atoms with E-state index in [0.29, 0.717) is 16.5 Å². The van der Waals surface area contributed by atoms with Gasteiger partial charge in [0.15, 0.2) is 0 Å². The second kappa shape index (κ2) is 16.0. The molecule has 0 aromatic heterocycles. The van der Waals surface area contributed by atoms with Crippen molar-refractivity contribution in [1.29, 1.82) is 0 Å². The van der Waals surface area contributed by atoms with Crippen molar-refractivity contribution in [3.8, 4) is 11.5 Å². The quantitative estimate of drug-likeness (QED) is 0.168. The number of rotatable bonds is 14. The summed E-state index contributed by atoms with van der Waals surface area (Å²) in [5, 5.41) is 3.60. The monoisotopic (exact) mass is 689 g/mol. The van der Waals surface area contributed by atoms with Gasteiger partial charge in [-0.3, -0.25) is 13.9 Å². The van der Waals surface area contributed by atoms with Crippen LogP contribution >= 0.6 is 11.6 Å². The molecule has 1 atom stereocenters. The van der Waals surface area contributed by atoms with Gasteiger partial charge in [0, 0.05) is 24.0 Å². The standard InChI is InChI=1S/C37H40ClN3O6S/c1-46-32-19-21-34(22-20-32)48(44,45)41(31-17-15-29(38)16-18-31)26-36(42)40(25-28-11-8-14-33(23-28)47-2)35(24-27-9-4-3-5-10-27)37(43)39-30-12-6-7-13-30/h3-5,8-11,14-23,30,35H,6-7,12-13,24-26H2,1-2H3,(H,39,43). The van der Waals surface area contributed by atoms with Crippen LogP contribution in [0, 0.1) is 0 Å². The predicted octanol–water partition coefficient (Wildman–Crippen LogP) is 6.25. The van der Waals surface area contributed by atoms with Crippen LogP contribution in [0.3, 0.4) is 0 Å². The van der Waals surface area contributed by atoms with Crippen molar-refractivity contribution in [3.05, 3.63) is 119 Å². The van der Waals surface area contributed by atoms with E-state index in [1.54, 1.807) is 55.6 Å². The van der Waals surface area contributed by atoms with Crippen molar-refractivity contribution < 1.29 is 27.5 Å². The van der Waals surface area contributed by atoms with E-state index in [2.05, 4.69) is 5.32 Å². The highest BCUT2D eigenvalue weighted by Crippen LogP contribution is 2.28. The van der Waals surface area contributed by atoms with Gasteiger partial charge in [0.1, 0.15) is 24.1 Å². The molecule has 0 aliphatic heterocycles. The van der Waals surface area contributed by atoms with Crippen LogP contribution in [0.2, 0.25) is 5.02 Å². The summed E-state index contributed by atoms with van der Waals surface area (Å²) < 4.78 is 40.2. The Labute approximate surface area is 287 Å². The van der Waals surface area contributed by atoms with Gasteiger partial charge in [-0.25, -0.2) is 8.42 Å². The van der Waals surface area contributed by atoms with E-state index in [0.717, 1.165) is 41.1 Å². The van der Waals surface area contributed by atoms with Crippen LogP contribution in [0.15, 0.2) is 108 Å². The number of nitrogens with zero attached hydrogens (tertiary/aromatic N) is 2. The van der Waals surface area contributed by atoms with Crippen LogP contribution < -0.4 is 19.1 Å². The highest BCUT2D eigenvalue weighted by molar-refractivity contribution is 7.92. The van der Waals surface area contributed by atoms with Gasteiger partial charge < -0.3 is 19.7 Å². The maximum absolute atomic E-state index is 14.7. The summed E-state index contributed by atoms with van der Waals surface area (Å²) in [7, 11) is -1.21. The summed E-state index contributed by atoms with van der Waals surface area (Å²) in [6, 6.07) is 28.1. The van der Waals surface area contributed by atoms with Crippen molar-refractivity contribution in [1.82, 2.24) is 10.2 Å². The fourth-order valence-corrected chi connectivity index (χ4v) is 7.44. The smallest absolute Gasteiger partial charge is 0.264 e. The molecule has 0 radical (unpaired) electrons. The number of benzene rings is 4. The molecule has 1 aliphatic rings.